The van der Waals surface area contributed by atoms with E-state index in [0.717, 1.165) is 5.56 Å². The first-order valence-corrected chi connectivity index (χ1v) is 7.65. The maximum atomic E-state index is 12.0. The molecule has 1 rings (SSSR count). The molecule has 23 heavy (non-hydrogen) atoms. The average Bonchev–Trinajstić information content (AvgIpc) is 2.40. The van der Waals surface area contributed by atoms with Crippen molar-refractivity contribution in [3.05, 3.63) is 34.3 Å². The van der Waals surface area contributed by atoms with Gasteiger partial charge in [0.15, 0.2) is 0 Å². The third-order valence-corrected chi connectivity index (χ3v) is 3.06. The number of aliphatic hydroxyl groups excluding tert-OH is 1. The van der Waals surface area contributed by atoms with Crippen LogP contribution in [0.2, 0.25) is 5.02 Å². The van der Waals surface area contributed by atoms with Crippen molar-refractivity contribution >= 4 is 23.6 Å². The van der Waals surface area contributed by atoms with E-state index in [0.29, 0.717) is 10.6 Å². The second-order valence-corrected chi connectivity index (χ2v) is 6.64. The molecule has 0 bridgehead atoms. The van der Waals surface area contributed by atoms with E-state index in [-0.39, 0.29) is 19.0 Å². The van der Waals surface area contributed by atoms with E-state index in [2.05, 4.69) is 10.6 Å². The number of rotatable bonds is 5. The summed E-state index contributed by atoms with van der Waals surface area (Å²) in [5, 5.41) is 15.1. The van der Waals surface area contributed by atoms with Crippen LogP contribution in [0.3, 0.4) is 0 Å². The monoisotopic (exact) mass is 342 g/mol. The van der Waals surface area contributed by atoms with Gasteiger partial charge in [0.05, 0.1) is 16.7 Å². The van der Waals surface area contributed by atoms with Crippen molar-refractivity contribution in [3.8, 4) is 0 Å². The fourth-order valence-corrected chi connectivity index (χ4v) is 2.02. The van der Waals surface area contributed by atoms with Gasteiger partial charge in [0.25, 0.3) is 5.91 Å². The highest BCUT2D eigenvalue weighted by molar-refractivity contribution is 6.33. The Morgan fingerprint density at radius 3 is 2.43 bits per heavy atom. The van der Waals surface area contributed by atoms with Crippen LogP contribution in [0.25, 0.3) is 0 Å². The number of carbonyl (C=O) groups is 2. The first-order chi connectivity index (χ1) is 10.6. The smallest absolute Gasteiger partial charge is 0.407 e. The van der Waals surface area contributed by atoms with Gasteiger partial charge >= 0.3 is 6.09 Å². The van der Waals surface area contributed by atoms with Crippen LogP contribution in [0.5, 0.6) is 0 Å². The van der Waals surface area contributed by atoms with Gasteiger partial charge in [-0.2, -0.15) is 0 Å². The lowest BCUT2D eigenvalue weighted by Gasteiger charge is -2.20. The average molecular weight is 343 g/mol. The maximum Gasteiger partial charge on any atom is 0.407 e. The minimum Gasteiger partial charge on any atom is -0.444 e. The Hall–Kier alpha value is -1.79. The molecule has 0 aliphatic rings. The van der Waals surface area contributed by atoms with Gasteiger partial charge < -0.3 is 20.5 Å². The van der Waals surface area contributed by atoms with Crippen LogP contribution in [0.15, 0.2) is 18.2 Å². The van der Waals surface area contributed by atoms with Gasteiger partial charge in [-0.1, -0.05) is 17.7 Å². The third-order valence-electron chi connectivity index (χ3n) is 2.75. The number of aliphatic hydroxyl groups is 1. The van der Waals surface area contributed by atoms with E-state index in [1.807, 2.05) is 6.92 Å². The molecule has 0 radical (unpaired) electrons. The molecule has 0 saturated carbocycles. The molecule has 1 atom stereocenters. The van der Waals surface area contributed by atoms with E-state index in [9.17, 15) is 14.7 Å². The number of aryl methyl sites for hydroxylation is 1. The third kappa shape index (κ3) is 7.34. The summed E-state index contributed by atoms with van der Waals surface area (Å²) < 4.78 is 5.04. The Kier molecular flexibility index (Phi) is 6.84. The number of carbonyl (C=O) groups excluding carboxylic acids is 2. The molecule has 7 heteroatoms. The molecule has 6 nitrogen and oxygen atoms in total. The highest BCUT2D eigenvalue weighted by atomic mass is 35.5. The van der Waals surface area contributed by atoms with Gasteiger partial charge in [0.1, 0.15) is 5.60 Å². The van der Waals surface area contributed by atoms with E-state index in [1.165, 1.54) is 0 Å². The minimum atomic E-state index is -0.935. The zero-order chi connectivity index (χ0) is 17.6. The number of benzene rings is 1. The lowest BCUT2D eigenvalue weighted by Crippen LogP contribution is -2.41. The lowest BCUT2D eigenvalue weighted by atomic mass is 10.1. The maximum absolute atomic E-state index is 12.0. The van der Waals surface area contributed by atoms with Crippen molar-refractivity contribution in [1.29, 1.82) is 0 Å². The number of hydrogen-bond donors (Lipinski definition) is 3. The predicted octanol–water partition coefficient (Wildman–Crippen LogP) is 2.26. The van der Waals surface area contributed by atoms with E-state index < -0.39 is 17.8 Å². The molecule has 1 unspecified atom stereocenters. The molecule has 0 fully saturated rings. The molecule has 0 spiro atoms. The molecule has 1 aromatic rings. The topological polar surface area (TPSA) is 87.7 Å². The molecule has 3 N–H and O–H groups in total. The van der Waals surface area contributed by atoms with Crippen LogP contribution in [0.4, 0.5) is 4.79 Å². The van der Waals surface area contributed by atoms with Crippen LogP contribution in [0.1, 0.15) is 36.7 Å². The minimum absolute atomic E-state index is 0.0150. The largest absolute Gasteiger partial charge is 0.444 e. The van der Waals surface area contributed by atoms with Crippen LogP contribution in [0, 0.1) is 6.92 Å². The van der Waals surface area contributed by atoms with Crippen LogP contribution >= 0.6 is 11.6 Å². The summed E-state index contributed by atoms with van der Waals surface area (Å²) in [5.41, 5.74) is 0.684. The highest BCUT2D eigenvalue weighted by Gasteiger charge is 2.17. The Morgan fingerprint density at radius 1 is 1.26 bits per heavy atom. The summed E-state index contributed by atoms with van der Waals surface area (Å²) in [6, 6.07) is 5.09. The zero-order valence-corrected chi connectivity index (χ0v) is 14.5. The van der Waals surface area contributed by atoms with Crippen molar-refractivity contribution in [2.45, 2.75) is 39.4 Å². The van der Waals surface area contributed by atoms with Crippen LogP contribution in [-0.2, 0) is 4.74 Å². The first-order valence-electron chi connectivity index (χ1n) is 7.28. The van der Waals surface area contributed by atoms with Gasteiger partial charge in [0, 0.05) is 13.1 Å². The summed E-state index contributed by atoms with van der Waals surface area (Å²) in [5.74, 6) is -0.383. The molecule has 128 valence electrons. The quantitative estimate of drug-likeness (QED) is 0.766. The van der Waals surface area contributed by atoms with Gasteiger partial charge in [-0.25, -0.2) is 4.79 Å². The Morgan fingerprint density at radius 2 is 1.87 bits per heavy atom. The summed E-state index contributed by atoms with van der Waals surface area (Å²) in [6.07, 6.45) is -1.56. The predicted molar refractivity (Wildman–Crippen MR) is 88.8 cm³/mol. The fourth-order valence-electron chi connectivity index (χ4n) is 1.70. The molecule has 0 saturated heterocycles. The molecule has 0 aliphatic carbocycles. The van der Waals surface area contributed by atoms with Crippen molar-refractivity contribution in [3.63, 3.8) is 0 Å². The molecule has 2 amide bonds. The van der Waals surface area contributed by atoms with Crippen LogP contribution in [-0.4, -0.2) is 41.9 Å². The Balaban J connectivity index is 2.39. The number of hydrogen-bond acceptors (Lipinski definition) is 4. The SMILES string of the molecule is Cc1ccc(C(=O)NCC(O)CNC(=O)OC(C)(C)C)c(Cl)c1. The molecule has 0 heterocycles. The molecule has 0 aromatic heterocycles. The fraction of sp³-hybridized carbons (Fsp3) is 0.500. The van der Waals surface area contributed by atoms with Gasteiger partial charge in [-0.05, 0) is 45.4 Å². The number of ether oxygens (including phenoxy) is 1. The standard InChI is InChI=1S/C16H23ClN2O4/c1-10-5-6-12(13(17)7-10)14(21)18-8-11(20)9-19-15(22)23-16(2,3)4/h5-7,11,20H,8-9H2,1-4H3,(H,18,21)(H,19,22). The molecule has 1 aromatic carbocycles. The summed E-state index contributed by atoms with van der Waals surface area (Å²) in [6.45, 7) is 7.06. The summed E-state index contributed by atoms with van der Waals surface area (Å²) in [7, 11) is 0. The number of amides is 2. The van der Waals surface area contributed by atoms with E-state index in [1.54, 1.807) is 39.0 Å². The number of halogens is 1. The summed E-state index contributed by atoms with van der Waals surface area (Å²) >= 11 is 6.01. The normalized spacial score (nSPS) is 12.4. The van der Waals surface area contributed by atoms with Crippen LogP contribution < -0.4 is 10.6 Å². The highest BCUT2D eigenvalue weighted by Crippen LogP contribution is 2.17. The second-order valence-electron chi connectivity index (χ2n) is 6.23. The van der Waals surface area contributed by atoms with Crippen molar-refractivity contribution in [2.24, 2.45) is 0 Å². The van der Waals surface area contributed by atoms with Gasteiger partial charge in [-0.15, -0.1) is 0 Å². The van der Waals surface area contributed by atoms with E-state index in [4.69, 9.17) is 16.3 Å². The number of nitrogens with one attached hydrogen (secondary N) is 2. The molecular weight excluding hydrogens is 320 g/mol. The first kappa shape index (κ1) is 19.3. The van der Waals surface area contributed by atoms with E-state index >= 15 is 0 Å². The van der Waals surface area contributed by atoms with Crippen molar-refractivity contribution in [1.82, 2.24) is 10.6 Å². The summed E-state index contributed by atoms with van der Waals surface area (Å²) in [4.78, 5) is 23.4. The Labute approximate surface area is 141 Å². The zero-order valence-electron chi connectivity index (χ0n) is 13.8. The molecule has 0 aliphatic heterocycles. The van der Waals surface area contributed by atoms with Gasteiger partial charge in [0.2, 0.25) is 0 Å². The molecular formula is C16H23ClN2O4. The van der Waals surface area contributed by atoms with Crippen molar-refractivity contribution in [2.75, 3.05) is 13.1 Å². The Bertz CT molecular complexity index is 570. The van der Waals surface area contributed by atoms with Crippen molar-refractivity contribution < 1.29 is 19.4 Å². The number of alkyl carbamates (subject to hydrolysis) is 1. The lowest BCUT2D eigenvalue weighted by molar-refractivity contribution is 0.0492. The van der Waals surface area contributed by atoms with Gasteiger partial charge in [-0.3, -0.25) is 4.79 Å². The second kappa shape index (κ2) is 8.17.